The largest absolute Gasteiger partial charge is 0.387 e. The van der Waals surface area contributed by atoms with Crippen LogP contribution in [-0.2, 0) is 6.42 Å². The zero-order valence-electron chi connectivity index (χ0n) is 10.3. The maximum atomic E-state index is 10.4. The molecule has 90 valence electrons. The highest BCUT2D eigenvalue weighted by Gasteiger charge is 2.41. The van der Waals surface area contributed by atoms with Gasteiger partial charge in [0, 0.05) is 0 Å². The molecule has 1 aliphatic rings. The average Bonchev–Trinajstić information content (AvgIpc) is 2.88. The predicted octanol–water partition coefficient (Wildman–Crippen LogP) is 3.37. The van der Waals surface area contributed by atoms with Crippen LogP contribution in [-0.4, -0.2) is 5.11 Å². The van der Waals surface area contributed by atoms with Crippen molar-refractivity contribution in [2.75, 3.05) is 0 Å². The molecule has 1 aliphatic carbocycles. The number of hydrogen-bond acceptors (Lipinski definition) is 2. The highest BCUT2D eigenvalue weighted by molar-refractivity contribution is 5.27. The van der Waals surface area contributed by atoms with Gasteiger partial charge in [-0.25, -0.2) is 0 Å². The van der Waals surface area contributed by atoms with Gasteiger partial charge in [-0.2, -0.15) is 5.26 Å². The van der Waals surface area contributed by atoms with E-state index in [1.54, 1.807) is 0 Å². The molecule has 0 bridgehead atoms. The van der Waals surface area contributed by atoms with E-state index in [1.807, 2.05) is 24.3 Å². The molecule has 0 aromatic heterocycles. The van der Waals surface area contributed by atoms with E-state index in [-0.39, 0.29) is 0 Å². The molecule has 2 rings (SSSR count). The van der Waals surface area contributed by atoms with Gasteiger partial charge in [0.05, 0.1) is 17.6 Å². The van der Waals surface area contributed by atoms with Crippen molar-refractivity contribution >= 4 is 0 Å². The number of rotatable bonds is 3. The van der Waals surface area contributed by atoms with E-state index in [0.717, 1.165) is 37.7 Å². The number of aliphatic hydroxyl groups excluding tert-OH is 1. The maximum absolute atomic E-state index is 10.4. The Morgan fingerprint density at radius 2 is 1.88 bits per heavy atom. The monoisotopic (exact) mass is 229 g/mol. The fraction of sp³-hybridized carbons (Fsp3) is 0.533. The Morgan fingerprint density at radius 1 is 1.29 bits per heavy atom. The molecule has 1 aromatic carbocycles. The zero-order chi connectivity index (χ0) is 12.3. The second-order valence-corrected chi connectivity index (χ2v) is 4.97. The first kappa shape index (κ1) is 12.1. The van der Waals surface area contributed by atoms with Gasteiger partial charge in [-0.3, -0.25) is 0 Å². The fourth-order valence-electron chi connectivity index (χ4n) is 2.71. The summed E-state index contributed by atoms with van der Waals surface area (Å²) < 4.78 is 0. The molecule has 1 atom stereocenters. The van der Waals surface area contributed by atoms with Crippen LogP contribution in [0.15, 0.2) is 24.3 Å². The molecule has 1 fully saturated rings. The minimum Gasteiger partial charge on any atom is -0.387 e. The minimum absolute atomic E-state index is 0.548. The third-order valence-corrected chi connectivity index (χ3v) is 3.95. The molecule has 2 heteroatoms. The Balaban J connectivity index is 2.23. The van der Waals surface area contributed by atoms with Crippen molar-refractivity contribution < 1.29 is 5.11 Å². The van der Waals surface area contributed by atoms with E-state index < -0.39 is 11.5 Å². The summed E-state index contributed by atoms with van der Waals surface area (Å²) in [5, 5.41) is 19.8. The lowest BCUT2D eigenvalue weighted by atomic mass is 9.78. The molecule has 0 radical (unpaired) electrons. The summed E-state index contributed by atoms with van der Waals surface area (Å²) in [6.07, 6.45) is 4.11. The van der Waals surface area contributed by atoms with Crippen molar-refractivity contribution in [3.63, 3.8) is 0 Å². The van der Waals surface area contributed by atoms with Crippen molar-refractivity contribution in [1.29, 1.82) is 5.26 Å². The van der Waals surface area contributed by atoms with Crippen LogP contribution >= 0.6 is 0 Å². The van der Waals surface area contributed by atoms with Crippen LogP contribution < -0.4 is 0 Å². The summed E-state index contributed by atoms with van der Waals surface area (Å²) in [6.45, 7) is 2.11. The van der Waals surface area contributed by atoms with Gasteiger partial charge >= 0.3 is 0 Å². The smallest absolute Gasteiger partial charge is 0.0976 e. The molecule has 1 saturated carbocycles. The first-order valence-electron chi connectivity index (χ1n) is 6.40. The van der Waals surface area contributed by atoms with Crippen LogP contribution in [0.5, 0.6) is 0 Å². The Hall–Kier alpha value is -1.33. The molecule has 0 spiro atoms. The van der Waals surface area contributed by atoms with Gasteiger partial charge in [0.1, 0.15) is 0 Å². The van der Waals surface area contributed by atoms with Crippen molar-refractivity contribution in [2.45, 2.75) is 45.1 Å². The van der Waals surface area contributed by atoms with E-state index in [1.165, 1.54) is 5.56 Å². The maximum Gasteiger partial charge on any atom is 0.0976 e. The van der Waals surface area contributed by atoms with Gasteiger partial charge in [-0.1, -0.05) is 44.0 Å². The molecule has 0 amide bonds. The van der Waals surface area contributed by atoms with Gasteiger partial charge in [-0.05, 0) is 30.4 Å². The van der Waals surface area contributed by atoms with Crippen LogP contribution in [0.25, 0.3) is 0 Å². The summed E-state index contributed by atoms with van der Waals surface area (Å²) in [5.41, 5.74) is 1.59. The van der Waals surface area contributed by atoms with Crippen LogP contribution in [0.3, 0.4) is 0 Å². The van der Waals surface area contributed by atoms with Crippen molar-refractivity contribution in [3.8, 4) is 6.07 Å². The lowest BCUT2D eigenvalue weighted by Gasteiger charge is -2.27. The van der Waals surface area contributed by atoms with E-state index in [2.05, 4.69) is 13.0 Å². The molecule has 17 heavy (non-hydrogen) atoms. The van der Waals surface area contributed by atoms with Crippen LogP contribution in [0.4, 0.5) is 0 Å². The molecule has 0 saturated heterocycles. The van der Waals surface area contributed by atoms with Gasteiger partial charge in [0.2, 0.25) is 0 Å². The summed E-state index contributed by atoms with van der Waals surface area (Å²) in [4.78, 5) is 0. The second kappa shape index (κ2) is 4.89. The van der Waals surface area contributed by atoms with Crippen molar-refractivity contribution in [3.05, 3.63) is 35.4 Å². The Kier molecular flexibility index (Phi) is 3.49. The van der Waals surface area contributed by atoms with Crippen LogP contribution in [0.2, 0.25) is 0 Å². The zero-order valence-corrected chi connectivity index (χ0v) is 10.3. The lowest BCUT2D eigenvalue weighted by molar-refractivity contribution is 0.0671. The fourth-order valence-corrected chi connectivity index (χ4v) is 2.71. The molecule has 1 aromatic rings. The first-order valence-corrected chi connectivity index (χ1v) is 6.40. The normalized spacial score (nSPS) is 19.8. The first-order chi connectivity index (χ1) is 8.22. The number of nitriles is 1. The van der Waals surface area contributed by atoms with Crippen LogP contribution in [0, 0.1) is 16.7 Å². The predicted molar refractivity (Wildman–Crippen MR) is 67.3 cm³/mol. The molecular weight excluding hydrogens is 210 g/mol. The van der Waals surface area contributed by atoms with Gasteiger partial charge in [0.15, 0.2) is 0 Å². The summed E-state index contributed by atoms with van der Waals surface area (Å²) in [7, 11) is 0. The average molecular weight is 229 g/mol. The number of aliphatic hydroxyl groups is 1. The van der Waals surface area contributed by atoms with Gasteiger partial charge in [0.25, 0.3) is 0 Å². The number of benzene rings is 1. The van der Waals surface area contributed by atoms with Crippen molar-refractivity contribution in [2.24, 2.45) is 5.41 Å². The molecular formula is C15H19NO. The molecule has 0 heterocycles. The molecule has 2 nitrogen and oxygen atoms in total. The summed E-state index contributed by atoms with van der Waals surface area (Å²) >= 11 is 0. The van der Waals surface area contributed by atoms with Gasteiger partial charge < -0.3 is 5.11 Å². The third kappa shape index (κ3) is 2.21. The lowest BCUT2D eigenvalue weighted by Crippen LogP contribution is -2.23. The molecule has 0 aliphatic heterocycles. The number of aryl methyl sites for hydroxylation is 1. The highest BCUT2D eigenvalue weighted by Crippen LogP contribution is 2.47. The van der Waals surface area contributed by atoms with Crippen molar-refractivity contribution in [1.82, 2.24) is 0 Å². The standard InChI is InChI=1S/C15H19NO/c1-2-12-5-7-13(8-6-12)14(17)15(11-16)9-3-4-10-15/h5-8,14,17H,2-4,9-10H2,1H3. The second-order valence-electron chi connectivity index (χ2n) is 4.97. The molecule has 1 N–H and O–H groups in total. The Labute approximate surface area is 103 Å². The summed E-state index contributed by atoms with van der Waals surface area (Å²) in [6, 6.07) is 10.4. The molecule has 1 unspecified atom stereocenters. The van der Waals surface area contributed by atoms with E-state index in [0.29, 0.717) is 0 Å². The van der Waals surface area contributed by atoms with Gasteiger partial charge in [-0.15, -0.1) is 0 Å². The van der Waals surface area contributed by atoms with E-state index in [9.17, 15) is 10.4 Å². The van der Waals surface area contributed by atoms with E-state index >= 15 is 0 Å². The Bertz CT molecular complexity index is 410. The third-order valence-electron chi connectivity index (χ3n) is 3.95. The Morgan fingerprint density at radius 3 is 2.35 bits per heavy atom. The van der Waals surface area contributed by atoms with Crippen LogP contribution in [0.1, 0.15) is 49.8 Å². The SMILES string of the molecule is CCc1ccc(C(O)C2(C#N)CCCC2)cc1. The summed E-state index contributed by atoms with van der Waals surface area (Å²) in [5.74, 6) is 0. The minimum atomic E-state index is -0.638. The quantitative estimate of drug-likeness (QED) is 0.863. The van der Waals surface area contributed by atoms with E-state index in [4.69, 9.17) is 0 Å². The highest BCUT2D eigenvalue weighted by atomic mass is 16.3. The number of nitrogens with zero attached hydrogens (tertiary/aromatic N) is 1. The number of hydrogen-bond donors (Lipinski definition) is 1. The topological polar surface area (TPSA) is 44.0 Å².